The number of rotatable bonds is 6. The van der Waals surface area contributed by atoms with Gasteiger partial charge in [0.2, 0.25) is 0 Å². The molecule has 0 saturated heterocycles. The monoisotopic (exact) mass is 253 g/mol. The maximum atomic E-state index is 11.7. The molecule has 0 spiro atoms. The van der Waals surface area contributed by atoms with Crippen molar-refractivity contribution in [3.8, 4) is 0 Å². The SMILES string of the molecule is CCCCNC(=O)OCC1(C(C)=O)CC=CCC1. The van der Waals surface area contributed by atoms with E-state index in [1.165, 1.54) is 0 Å². The lowest BCUT2D eigenvalue weighted by Gasteiger charge is -2.31. The van der Waals surface area contributed by atoms with Crippen LogP contribution in [0.2, 0.25) is 0 Å². The summed E-state index contributed by atoms with van der Waals surface area (Å²) in [5, 5.41) is 2.69. The molecule has 0 saturated carbocycles. The highest BCUT2D eigenvalue weighted by molar-refractivity contribution is 5.83. The van der Waals surface area contributed by atoms with Gasteiger partial charge in [-0.25, -0.2) is 4.79 Å². The number of hydrogen-bond acceptors (Lipinski definition) is 3. The van der Waals surface area contributed by atoms with E-state index in [1.807, 2.05) is 6.08 Å². The number of alkyl carbamates (subject to hydrolysis) is 1. The molecule has 0 fully saturated rings. The number of nitrogens with one attached hydrogen (secondary N) is 1. The van der Waals surface area contributed by atoms with Crippen LogP contribution in [0.15, 0.2) is 12.2 Å². The van der Waals surface area contributed by atoms with Crippen molar-refractivity contribution in [2.75, 3.05) is 13.2 Å². The van der Waals surface area contributed by atoms with Crippen LogP contribution < -0.4 is 5.32 Å². The van der Waals surface area contributed by atoms with Crippen molar-refractivity contribution in [2.45, 2.75) is 46.0 Å². The summed E-state index contributed by atoms with van der Waals surface area (Å²) in [6.07, 6.45) is 7.94. The standard InChI is InChI=1S/C14H23NO3/c1-3-4-10-15-13(17)18-11-14(12(2)16)8-6-5-7-9-14/h5-6H,3-4,7-11H2,1-2H3,(H,15,17). The van der Waals surface area contributed by atoms with Crippen LogP contribution in [-0.2, 0) is 9.53 Å². The zero-order chi connectivity index (χ0) is 13.4. The highest BCUT2D eigenvalue weighted by Crippen LogP contribution is 2.34. The van der Waals surface area contributed by atoms with Gasteiger partial charge < -0.3 is 10.1 Å². The van der Waals surface area contributed by atoms with Crippen LogP contribution in [0.1, 0.15) is 46.0 Å². The summed E-state index contributed by atoms with van der Waals surface area (Å²) >= 11 is 0. The zero-order valence-corrected chi connectivity index (χ0v) is 11.3. The summed E-state index contributed by atoms with van der Waals surface area (Å²) < 4.78 is 5.19. The molecule has 0 aromatic carbocycles. The van der Waals surface area contributed by atoms with Gasteiger partial charge in [0.1, 0.15) is 12.4 Å². The van der Waals surface area contributed by atoms with E-state index in [9.17, 15) is 9.59 Å². The van der Waals surface area contributed by atoms with Gasteiger partial charge in [-0.3, -0.25) is 4.79 Å². The van der Waals surface area contributed by atoms with Gasteiger partial charge in [0.25, 0.3) is 0 Å². The van der Waals surface area contributed by atoms with Crippen LogP contribution in [0.5, 0.6) is 0 Å². The first kappa shape index (κ1) is 14.7. The minimum atomic E-state index is -0.503. The van der Waals surface area contributed by atoms with Gasteiger partial charge in [-0.1, -0.05) is 25.5 Å². The van der Waals surface area contributed by atoms with Crippen LogP contribution in [-0.4, -0.2) is 25.0 Å². The second-order valence-corrected chi connectivity index (χ2v) is 4.91. The molecule has 4 heteroatoms. The second-order valence-electron chi connectivity index (χ2n) is 4.91. The van der Waals surface area contributed by atoms with Crippen LogP contribution >= 0.6 is 0 Å². The highest BCUT2D eigenvalue weighted by atomic mass is 16.5. The Morgan fingerprint density at radius 2 is 2.17 bits per heavy atom. The molecule has 1 N–H and O–H groups in total. The number of ketones is 1. The molecule has 0 bridgehead atoms. The van der Waals surface area contributed by atoms with E-state index in [-0.39, 0.29) is 12.4 Å². The van der Waals surface area contributed by atoms with E-state index in [1.54, 1.807) is 6.92 Å². The number of amides is 1. The number of ether oxygens (including phenoxy) is 1. The third-order valence-electron chi connectivity index (χ3n) is 3.49. The summed E-state index contributed by atoms with van der Waals surface area (Å²) in [6, 6.07) is 0. The minimum absolute atomic E-state index is 0.105. The summed E-state index contributed by atoms with van der Waals surface area (Å²) in [5.41, 5.74) is -0.503. The lowest BCUT2D eigenvalue weighted by molar-refractivity contribution is -0.129. The van der Waals surface area contributed by atoms with E-state index in [4.69, 9.17) is 4.74 Å². The van der Waals surface area contributed by atoms with Gasteiger partial charge in [-0.05, 0) is 32.6 Å². The van der Waals surface area contributed by atoms with Gasteiger partial charge in [0.15, 0.2) is 0 Å². The molecule has 102 valence electrons. The Morgan fingerprint density at radius 1 is 1.39 bits per heavy atom. The van der Waals surface area contributed by atoms with Crippen LogP contribution in [0, 0.1) is 5.41 Å². The number of unbranched alkanes of at least 4 members (excludes halogenated alkanes) is 1. The predicted octanol–water partition coefficient (Wildman–Crippen LogP) is 2.83. The minimum Gasteiger partial charge on any atom is -0.448 e. The van der Waals surface area contributed by atoms with E-state index in [0.29, 0.717) is 13.0 Å². The van der Waals surface area contributed by atoms with Crippen molar-refractivity contribution in [3.63, 3.8) is 0 Å². The quantitative estimate of drug-likeness (QED) is 0.585. The fourth-order valence-corrected chi connectivity index (χ4v) is 2.06. The smallest absolute Gasteiger partial charge is 0.407 e. The molecule has 0 aliphatic heterocycles. The molecular weight excluding hydrogens is 230 g/mol. The van der Waals surface area contributed by atoms with Crippen molar-refractivity contribution in [3.05, 3.63) is 12.2 Å². The Morgan fingerprint density at radius 3 is 2.72 bits per heavy atom. The van der Waals surface area contributed by atoms with Crippen molar-refractivity contribution in [2.24, 2.45) is 5.41 Å². The third kappa shape index (κ3) is 4.17. The van der Waals surface area contributed by atoms with Gasteiger partial charge in [-0.2, -0.15) is 0 Å². The molecule has 1 aliphatic rings. The average Bonchev–Trinajstić information content (AvgIpc) is 2.37. The van der Waals surface area contributed by atoms with Gasteiger partial charge in [0.05, 0.1) is 5.41 Å². The molecule has 1 aliphatic carbocycles. The highest BCUT2D eigenvalue weighted by Gasteiger charge is 2.36. The topological polar surface area (TPSA) is 55.4 Å². The van der Waals surface area contributed by atoms with Crippen molar-refractivity contribution >= 4 is 11.9 Å². The van der Waals surface area contributed by atoms with Crippen LogP contribution in [0.3, 0.4) is 0 Å². The molecule has 1 rings (SSSR count). The second kappa shape index (κ2) is 7.19. The van der Waals surface area contributed by atoms with Crippen LogP contribution in [0.4, 0.5) is 4.79 Å². The molecule has 1 amide bonds. The summed E-state index contributed by atoms with van der Waals surface area (Å²) in [6.45, 7) is 4.45. The molecule has 0 aromatic heterocycles. The molecule has 0 radical (unpaired) electrons. The number of hydrogen-bond donors (Lipinski definition) is 1. The Kier molecular flexibility index (Phi) is 5.89. The first-order valence-electron chi connectivity index (χ1n) is 6.67. The molecule has 1 atom stereocenters. The maximum absolute atomic E-state index is 11.7. The molecule has 18 heavy (non-hydrogen) atoms. The van der Waals surface area contributed by atoms with Gasteiger partial charge in [-0.15, -0.1) is 0 Å². The van der Waals surface area contributed by atoms with Gasteiger partial charge in [0, 0.05) is 6.54 Å². The van der Waals surface area contributed by atoms with E-state index >= 15 is 0 Å². The molecule has 0 aromatic rings. The lowest BCUT2D eigenvalue weighted by atomic mass is 9.75. The number of carbonyl (C=O) groups is 2. The van der Waals surface area contributed by atoms with Crippen molar-refractivity contribution in [1.82, 2.24) is 5.32 Å². The van der Waals surface area contributed by atoms with E-state index in [0.717, 1.165) is 25.7 Å². The normalized spacial score (nSPS) is 22.6. The molecule has 0 heterocycles. The Bertz CT molecular complexity index is 325. The van der Waals surface area contributed by atoms with Crippen molar-refractivity contribution in [1.29, 1.82) is 0 Å². The Labute approximate surface area is 109 Å². The largest absolute Gasteiger partial charge is 0.448 e. The first-order chi connectivity index (χ1) is 8.60. The number of carbonyl (C=O) groups excluding carboxylic acids is 2. The average molecular weight is 253 g/mol. The van der Waals surface area contributed by atoms with Gasteiger partial charge >= 0.3 is 6.09 Å². The van der Waals surface area contributed by atoms with Crippen LogP contribution in [0.25, 0.3) is 0 Å². The first-order valence-corrected chi connectivity index (χ1v) is 6.67. The molecule has 1 unspecified atom stereocenters. The third-order valence-corrected chi connectivity index (χ3v) is 3.49. The summed E-state index contributed by atoms with van der Waals surface area (Å²) in [7, 11) is 0. The lowest BCUT2D eigenvalue weighted by Crippen LogP contribution is -2.38. The summed E-state index contributed by atoms with van der Waals surface area (Å²) in [4.78, 5) is 23.2. The number of allylic oxidation sites excluding steroid dienone is 2. The van der Waals surface area contributed by atoms with E-state index < -0.39 is 11.5 Å². The maximum Gasteiger partial charge on any atom is 0.407 e. The Hall–Kier alpha value is -1.32. The summed E-state index contributed by atoms with van der Waals surface area (Å²) in [5.74, 6) is 0.105. The zero-order valence-electron chi connectivity index (χ0n) is 11.3. The van der Waals surface area contributed by atoms with E-state index in [2.05, 4.69) is 18.3 Å². The number of Topliss-reactive ketones (excluding diaryl/α,β-unsaturated/α-hetero) is 1. The fourth-order valence-electron chi connectivity index (χ4n) is 2.06. The molecule has 4 nitrogen and oxygen atoms in total. The fraction of sp³-hybridized carbons (Fsp3) is 0.714. The predicted molar refractivity (Wildman–Crippen MR) is 70.4 cm³/mol. The van der Waals surface area contributed by atoms with Crippen molar-refractivity contribution < 1.29 is 14.3 Å². The molecular formula is C14H23NO3. The Balaban J connectivity index is 2.41.